The van der Waals surface area contributed by atoms with Gasteiger partial charge < -0.3 is 10.6 Å². The van der Waals surface area contributed by atoms with Crippen molar-refractivity contribution < 1.29 is 9.59 Å². The Morgan fingerprint density at radius 2 is 1.71 bits per heavy atom. The SMILES string of the molecule is Cc1ccc(NC(=O)c2ccc(-n3cc(CNC(=O)C(C)C)cn3)cc2)cc1. The highest BCUT2D eigenvalue weighted by atomic mass is 16.2. The molecule has 0 fully saturated rings. The van der Waals surface area contributed by atoms with Crippen molar-refractivity contribution in [3.63, 3.8) is 0 Å². The average molecular weight is 376 g/mol. The molecular formula is C22H24N4O2. The molecule has 0 saturated carbocycles. The Morgan fingerprint density at radius 3 is 2.36 bits per heavy atom. The van der Waals surface area contributed by atoms with E-state index in [9.17, 15) is 9.59 Å². The number of hydrogen-bond acceptors (Lipinski definition) is 3. The Labute approximate surface area is 164 Å². The van der Waals surface area contributed by atoms with Crippen molar-refractivity contribution in [2.75, 3.05) is 5.32 Å². The summed E-state index contributed by atoms with van der Waals surface area (Å²) in [5.41, 5.74) is 4.23. The third-order valence-electron chi connectivity index (χ3n) is 4.33. The molecule has 0 aliphatic heterocycles. The van der Waals surface area contributed by atoms with Crippen LogP contribution in [-0.4, -0.2) is 21.6 Å². The van der Waals surface area contributed by atoms with E-state index >= 15 is 0 Å². The minimum absolute atomic E-state index is 0.0108. The first-order valence-electron chi connectivity index (χ1n) is 9.22. The number of aromatic nitrogens is 2. The van der Waals surface area contributed by atoms with Gasteiger partial charge in [-0.3, -0.25) is 9.59 Å². The molecule has 3 aromatic rings. The molecule has 144 valence electrons. The van der Waals surface area contributed by atoms with Gasteiger partial charge in [-0.25, -0.2) is 4.68 Å². The molecule has 0 aliphatic carbocycles. The third kappa shape index (κ3) is 4.85. The van der Waals surface area contributed by atoms with E-state index in [0.717, 1.165) is 22.5 Å². The lowest BCUT2D eigenvalue weighted by Crippen LogP contribution is -2.26. The summed E-state index contributed by atoms with van der Waals surface area (Å²) in [6, 6.07) is 14.9. The Hall–Kier alpha value is -3.41. The van der Waals surface area contributed by atoms with Crippen molar-refractivity contribution in [1.82, 2.24) is 15.1 Å². The van der Waals surface area contributed by atoms with Gasteiger partial charge in [-0.2, -0.15) is 5.10 Å². The van der Waals surface area contributed by atoms with Gasteiger partial charge in [-0.1, -0.05) is 31.5 Å². The maximum absolute atomic E-state index is 12.4. The maximum atomic E-state index is 12.4. The Kier molecular flexibility index (Phi) is 5.89. The van der Waals surface area contributed by atoms with E-state index < -0.39 is 0 Å². The topological polar surface area (TPSA) is 76.0 Å². The molecule has 0 atom stereocenters. The zero-order valence-corrected chi connectivity index (χ0v) is 16.3. The van der Waals surface area contributed by atoms with Gasteiger partial charge in [-0.15, -0.1) is 0 Å². The number of nitrogens with one attached hydrogen (secondary N) is 2. The van der Waals surface area contributed by atoms with Crippen molar-refractivity contribution in [1.29, 1.82) is 0 Å². The fourth-order valence-electron chi connectivity index (χ4n) is 2.59. The van der Waals surface area contributed by atoms with E-state index in [0.29, 0.717) is 12.1 Å². The molecule has 3 rings (SSSR count). The zero-order chi connectivity index (χ0) is 20.1. The predicted octanol–water partition coefficient (Wildman–Crippen LogP) is 3.71. The van der Waals surface area contributed by atoms with Crippen LogP contribution in [0, 0.1) is 12.8 Å². The molecular weight excluding hydrogens is 352 g/mol. The van der Waals surface area contributed by atoms with Gasteiger partial charge in [0.1, 0.15) is 0 Å². The van der Waals surface area contributed by atoms with Gasteiger partial charge in [0.05, 0.1) is 11.9 Å². The molecule has 28 heavy (non-hydrogen) atoms. The van der Waals surface area contributed by atoms with Crippen LogP contribution in [0.4, 0.5) is 5.69 Å². The molecule has 0 spiro atoms. The fourth-order valence-corrected chi connectivity index (χ4v) is 2.59. The Morgan fingerprint density at radius 1 is 1.04 bits per heavy atom. The van der Waals surface area contributed by atoms with E-state index in [1.807, 2.05) is 63.4 Å². The highest BCUT2D eigenvalue weighted by Crippen LogP contribution is 2.14. The number of carbonyl (C=O) groups is 2. The van der Waals surface area contributed by atoms with Crippen LogP contribution in [0.3, 0.4) is 0 Å². The second-order valence-electron chi connectivity index (χ2n) is 7.03. The highest BCUT2D eigenvalue weighted by molar-refractivity contribution is 6.04. The number of rotatable bonds is 6. The summed E-state index contributed by atoms with van der Waals surface area (Å²) in [6.45, 7) is 6.15. The normalized spacial score (nSPS) is 10.7. The van der Waals surface area contributed by atoms with Crippen LogP contribution in [0.15, 0.2) is 60.9 Å². The quantitative estimate of drug-likeness (QED) is 0.689. The van der Waals surface area contributed by atoms with Crippen LogP contribution >= 0.6 is 0 Å². The van der Waals surface area contributed by atoms with Crippen molar-refractivity contribution in [3.8, 4) is 5.69 Å². The molecule has 0 aliphatic rings. The van der Waals surface area contributed by atoms with Crippen molar-refractivity contribution in [2.45, 2.75) is 27.3 Å². The van der Waals surface area contributed by atoms with E-state index in [2.05, 4.69) is 15.7 Å². The maximum Gasteiger partial charge on any atom is 0.255 e. The van der Waals surface area contributed by atoms with Crippen LogP contribution < -0.4 is 10.6 Å². The van der Waals surface area contributed by atoms with Gasteiger partial charge in [0.15, 0.2) is 0 Å². The molecule has 1 heterocycles. The molecule has 0 radical (unpaired) electrons. The Bertz CT molecular complexity index is 957. The molecule has 6 nitrogen and oxygen atoms in total. The zero-order valence-electron chi connectivity index (χ0n) is 16.3. The van der Waals surface area contributed by atoms with E-state index in [-0.39, 0.29) is 17.7 Å². The first kappa shape index (κ1) is 19.4. The minimum Gasteiger partial charge on any atom is -0.352 e. The summed E-state index contributed by atoms with van der Waals surface area (Å²) < 4.78 is 1.72. The highest BCUT2D eigenvalue weighted by Gasteiger charge is 2.09. The summed E-state index contributed by atoms with van der Waals surface area (Å²) in [6.07, 6.45) is 3.58. The van der Waals surface area contributed by atoms with Crippen LogP contribution in [0.25, 0.3) is 5.69 Å². The second-order valence-corrected chi connectivity index (χ2v) is 7.03. The van der Waals surface area contributed by atoms with Gasteiger partial charge >= 0.3 is 0 Å². The molecule has 0 unspecified atom stereocenters. The average Bonchev–Trinajstić information content (AvgIpc) is 3.17. The number of hydrogen-bond donors (Lipinski definition) is 2. The molecule has 1 aromatic heterocycles. The number of anilines is 1. The second kappa shape index (κ2) is 8.52. The van der Waals surface area contributed by atoms with E-state index in [1.54, 1.807) is 23.0 Å². The van der Waals surface area contributed by atoms with Gasteiger partial charge in [0, 0.05) is 35.5 Å². The van der Waals surface area contributed by atoms with E-state index in [1.165, 1.54) is 0 Å². The molecule has 6 heteroatoms. The standard InChI is InChI=1S/C22H24N4O2/c1-15(2)21(27)23-12-17-13-24-26(14-17)20-10-6-18(7-11-20)22(28)25-19-8-4-16(3)5-9-19/h4-11,13-15H,12H2,1-3H3,(H,23,27)(H,25,28). The number of benzene rings is 2. The largest absolute Gasteiger partial charge is 0.352 e. The Balaban J connectivity index is 1.63. The first-order valence-corrected chi connectivity index (χ1v) is 9.22. The number of nitrogens with zero attached hydrogens (tertiary/aromatic N) is 2. The van der Waals surface area contributed by atoms with Gasteiger partial charge in [0.2, 0.25) is 5.91 Å². The lowest BCUT2D eigenvalue weighted by Gasteiger charge is -2.07. The summed E-state index contributed by atoms with van der Waals surface area (Å²) in [5, 5.41) is 10.1. The van der Waals surface area contributed by atoms with E-state index in [4.69, 9.17) is 0 Å². The van der Waals surface area contributed by atoms with Crippen molar-refractivity contribution in [3.05, 3.63) is 77.6 Å². The molecule has 0 bridgehead atoms. The molecule has 2 N–H and O–H groups in total. The number of carbonyl (C=O) groups excluding carboxylic acids is 2. The lowest BCUT2D eigenvalue weighted by atomic mass is 10.1. The van der Waals surface area contributed by atoms with Crippen LogP contribution in [0.5, 0.6) is 0 Å². The predicted molar refractivity (Wildman–Crippen MR) is 109 cm³/mol. The minimum atomic E-state index is -0.159. The summed E-state index contributed by atoms with van der Waals surface area (Å²) in [7, 11) is 0. The fraction of sp³-hybridized carbons (Fsp3) is 0.227. The van der Waals surface area contributed by atoms with Crippen LogP contribution in [0.2, 0.25) is 0 Å². The first-order chi connectivity index (χ1) is 13.4. The summed E-state index contributed by atoms with van der Waals surface area (Å²) in [5.74, 6) is -0.196. The van der Waals surface area contributed by atoms with Crippen molar-refractivity contribution in [2.24, 2.45) is 5.92 Å². The lowest BCUT2D eigenvalue weighted by molar-refractivity contribution is -0.124. The molecule has 0 saturated heterocycles. The summed E-state index contributed by atoms with van der Waals surface area (Å²) in [4.78, 5) is 24.0. The van der Waals surface area contributed by atoms with Crippen LogP contribution in [0.1, 0.15) is 35.3 Å². The summed E-state index contributed by atoms with van der Waals surface area (Å²) >= 11 is 0. The number of amides is 2. The van der Waals surface area contributed by atoms with Crippen molar-refractivity contribution >= 4 is 17.5 Å². The molecule has 2 aromatic carbocycles. The molecule has 2 amide bonds. The van der Waals surface area contributed by atoms with Gasteiger partial charge in [-0.05, 0) is 43.3 Å². The number of aryl methyl sites for hydroxylation is 1. The monoisotopic (exact) mass is 376 g/mol. The third-order valence-corrected chi connectivity index (χ3v) is 4.33. The van der Waals surface area contributed by atoms with Crippen LogP contribution in [-0.2, 0) is 11.3 Å². The smallest absolute Gasteiger partial charge is 0.255 e. The van der Waals surface area contributed by atoms with Gasteiger partial charge in [0.25, 0.3) is 5.91 Å².